The van der Waals surface area contributed by atoms with Crippen molar-refractivity contribution in [3.8, 4) is 11.1 Å². The number of Topliss-reactive ketones (excluding diaryl/α,β-unsaturated/α-hetero) is 1. The quantitative estimate of drug-likeness (QED) is 0.290. The third-order valence-corrected chi connectivity index (χ3v) is 6.78. The van der Waals surface area contributed by atoms with Crippen molar-refractivity contribution < 1.29 is 19.1 Å². The van der Waals surface area contributed by atoms with Crippen molar-refractivity contribution in [2.24, 2.45) is 0 Å². The molecule has 37 heavy (non-hydrogen) atoms. The van der Waals surface area contributed by atoms with Crippen LogP contribution in [0.15, 0.2) is 54.7 Å². The second-order valence-corrected chi connectivity index (χ2v) is 9.49. The first-order chi connectivity index (χ1) is 17.8. The van der Waals surface area contributed by atoms with E-state index in [-0.39, 0.29) is 35.7 Å². The number of nitrogens with two attached hydrogens (primary N) is 1. The van der Waals surface area contributed by atoms with Crippen LogP contribution in [0.25, 0.3) is 11.1 Å². The largest absolute Gasteiger partial charge is 0.394 e. The highest BCUT2D eigenvalue weighted by atomic mass is 35.5. The van der Waals surface area contributed by atoms with Crippen molar-refractivity contribution in [3.63, 3.8) is 0 Å². The van der Waals surface area contributed by atoms with Gasteiger partial charge in [0, 0.05) is 23.3 Å². The number of aliphatic hydroxyl groups excluding tert-OH is 1. The number of carbonyl (C=O) groups is 2. The highest BCUT2D eigenvalue weighted by Crippen LogP contribution is 2.32. The standard InChI is InChI=1S/C27H29ClFN5O3/c1-31-13-25(36)23-10-18(11-32-23)17-8-21(26(30)33-12-17)15-5-6-20(22(29)9-15)27(37)34-24(14-35)16-3-2-4-19(28)7-16/h2-9,12,18,23-24,31-32,35H,10-11,13-14H2,1H3,(H2,30,33)(H,34,37)/t18-,23-,24+/m0/s1. The predicted molar refractivity (Wildman–Crippen MR) is 141 cm³/mol. The lowest BCUT2D eigenvalue weighted by Gasteiger charge is -2.18. The minimum Gasteiger partial charge on any atom is -0.394 e. The Kier molecular flexibility index (Phi) is 8.50. The number of nitrogen functional groups attached to an aromatic ring is 1. The molecule has 3 aromatic rings. The molecule has 6 N–H and O–H groups in total. The fourth-order valence-electron chi connectivity index (χ4n) is 4.54. The first-order valence-electron chi connectivity index (χ1n) is 11.9. The summed E-state index contributed by atoms with van der Waals surface area (Å²) in [6.07, 6.45) is 2.32. The van der Waals surface area contributed by atoms with Crippen LogP contribution in [0.3, 0.4) is 0 Å². The number of benzene rings is 2. The summed E-state index contributed by atoms with van der Waals surface area (Å²) in [5, 5.41) is 19.0. The molecule has 1 fully saturated rings. The van der Waals surface area contributed by atoms with Gasteiger partial charge in [-0.3, -0.25) is 9.59 Å². The van der Waals surface area contributed by atoms with Gasteiger partial charge >= 0.3 is 0 Å². The molecule has 0 unspecified atom stereocenters. The van der Waals surface area contributed by atoms with Crippen molar-refractivity contribution in [1.29, 1.82) is 0 Å². The first kappa shape index (κ1) is 26.7. The van der Waals surface area contributed by atoms with E-state index < -0.39 is 17.8 Å². The van der Waals surface area contributed by atoms with E-state index in [1.807, 2.05) is 6.07 Å². The van der Waals surface area contributed by atoms with Crippen LogP contribution >= 0.6 is 11.6 Å². The van der Waals surface area contributed by atoms with Crippen LogP contribution in [0.4, 0.5) is 10.2 Å². The van der Waals surface area contributed by atoms with Gasteiger partial charge < -0.3 is 26.8 Å². The molecule has 2 aromatic carbocycles. The SMILES string of the molecule is CNCC(=O)[C@@H]1C[C@H](c2cnc(N)c(-c3ccc(C(=O)N[C@H](CO)c4cccc(Cl)c4)c(F)c3)c2)CN1. The summed E-state index contributed by atoms with van der Waals surface area (Å²) < 4.78 is 15.1. The summed E-state index contributed by atoms with van der Waals surface area (Å²) in [5.74, 6) is -1.01. The average Bonchev–Trinajstić information content (AvgIpc) is 3.38. The van der Waals surface area contributed by atoms with Crippen LogP contribution in [0.5, 0.6) is 0 Å². The second kappa shape index (κ2) is 11.8. The fourth-order valence-corrected chi connectivity index (χ4v) is 4.74. The van der Waals surface area contributed by atoms with E-state index in [0.29, 0.717) is 41.2 Å². The van der Waals surface area contributed by atoms with E-state index >= 15 is 4.39 Å². The smallest absolute Gasteiger partial charge is 0.254 e. The Hall–Kier alpha value is -3.37. The zero-order valence-electron chi connectivity index (χ0n) is 20.3. The van der Waals surface area contributed by atoms with Gasteiger partial charge in [-0.2, -0.15) is 0 Å². The number of hydrogen-bond donors (Lipinski definition) is 5. The number of rotatable bonds is 9. The van der Waals surface area contributed by atoms with Gasteiger partial charge in [0.15, 0.2) is 5.78 Å². The lowest BCUT2D eigenvalue weighted by molar-refractivity contribution is -0.119. The van der Waals surface area contributed by atoms with E-state index in [4.69, 9.17) is 17.3 Å². The van der Waals surface area contributed by atoms with Crippen LogP contribution < -0.4 is 21.7 Å². The Bertz CT molecular complexity index is 1300. The van der Waals surface area contributed by atoms with Crippen molar-refractivity contribution in [2.45, 2.75) is 24.4 Å². The number of hydrogen-bond acceptors (Lipinski definition) is 7. The lowest BCUT2D eigenvalue weighted by atomic mass is 9.93. The van der Waals surface area contributed by atoms with Crippen molar-refractivity contribution in [3.05, 3.63) is 82.3 Å². The van der Waals surface area contributed by atoms with Gasteiger partial charge in [-0.25, -0.2) is 9.37 Å². The molecule has 4 rings (SSSR count). The molecule has 1 amide bonds. The second-order valence-electron chi connectivity index (χ2n) is 9.05. The summed E-state index contributed by atoms with van der Waals surface area (Å²) in [6, 6.07) is 11.8. The van der Waals surface area contributed by atoms with E-state index in [0.717, 1.165) is 5.56 Å². The van der Waals surface area contributed by atoms with Gasteiger partial charge in [-0.05, 0) is 66.4 Å². The molecule has 1 aliphatic heterocycles. The van der Waals surface area contributed by atoms with Gasteiger partial charge in [0.2, 0.25) is 0 Å². The van der Waals surface area contributed by atoms with Gasteiger partial charge in [0.1, 0.15) is 11.6 Å². The van der Waals surface area contributed by atoms with Crippen LogP contribution in [0, 0.1) is 5.82 Å². The summed E-state index contributed by atoms with van der Waals surface area (Å²) in [5.41, 5.74) is 8.46. The minimum absolute atomic E-state index is 0.0643. The summed E-state index contributed by atoms with van der Waals surface area (Å²) in [4.78, 5) is 29.3. The highest BCUT2D eigenvalue weighted by Gasteiger charge is 2.30. The molecule has 1 aliphatic rings. The number of halogens is 2. The molecule has 1 aromatic heterocycles. The fraction of sp³-hybridized carbons (Fsp3) is 0.296. The number of pyridine rings is 1. The Morgan fingerprint density at radius 3 is 2.78 bits per heavy atom. The molecule has 0 spiro atoms. The third kappa shape index (κ3) is 6.14. The maximum Gasteiger partial charge on any atom is 0.254 e. The van der Waals surface area contributed by atoms with Crippen molar-refractivity contribution in [2.75, 3.05) is 32.5 Å². The maximum atomic E-state index is 15.1. The monoisotopic (exact) mass is 525 g/mol. The van der Waals surface area contributed by atoms with Crippen LogP contribution in [0.2, 0.25) is 5.02 Å². The molecule has 0 bridgehead atoms. The summed E-state index contributed by atoms with van der Waals surface area (Å²) in [6.45, 7) is 0.544. The van der Waals surface area contributed by atoms with E-state index in [2.05, 4.69) is 20.9 Å². The Morgan fingerprint density at radius 2 is 2.08 bits per heavy atom. The summed E-state index contributed by atoms with van der Waals surface area (Å²) >= 11 is 6.01. The van der Waals surface area contributed by atoms with E-state index in [9.17, 15) is 14.7 Å². The number of carbonyl (C=O) groups excluding carboxylic acids is 2. The molecule has 3 atom stereocenters. The molecule has 0 radical (unpaired) electrons. The minimum atomic E-state index is -0.745. The highest BCUT2D eigenvalue weighted by molar-refractivity contribution is 6.30. The number of aliphatic hydroxyl groups is 1. The molecule has 0 saturated carbocycles. The molecule has 194 valence electrons. The average molecular weight is 526 g/mol. The third-order valence-electron chi connectivity index (χ3n) is 6.55. The van der Waals surface area contributed by atoms with E-state index in [1.54, 1.807) is 43.6 Å². The molecule has 0 aliphatic carbocycles. The number of ketones is 1. The van der Waals surface area contributed by atoms with Gasteiger partial charge in [-0.15, -0.1) is 0 Å². The van der Waals surface area contributed by atoms with Crippen molar-refractivity contribution in [1.82, 2.24) is 20.9 Å². The number of nitrogens with one attached hydrogen (secondary N) is 3. The number of aromatic nitrogens is 1. The van der Waals surface area contributed by atoms with Gasteiger partial charge in [0.05, 0.1) is 30.8 Å². The van der Waals surface area contributed by atoms with Crippen LogP contribution in [0.1, 0.15) is 39.9 Å². The zero-order chi connectivity index (χ0) is 26.5. The number of nitrogens with zero attached hydrogens (tertiary/aromatic N) is 1. The zero-order valence-corrected chi connectivity index (χ0v) is 21.1. The Morgan fingerprint density at radius 1 is 1.27 bits per heavy atom. The molecule has 2 heterocycles. The number of likely N-dealkylation sites (N-methyl/N-ethyl adjacent to an activating group) is 1. The van der Waals surface area contributed by atoms with Crippen LogP contribution in [-0.2, 0) is 4.79 Å². The molecule has 10 heteroatoms. The van der Waals surface area contributed by atoms with E-state index in [1.165, 1.54) is 12.1 Å². The Balaban J connectivity index is 1.52. The molecule has 1 saturated heterocycles. The molecular weight excluding hydrogens is 497 g/mol. The number of amides is 1. The molecule has 8 nitrogen and oxygen atoms in total. The summed E-state index contributed by atoms with van der Waals surface area (Å²) in [7, 11) is 1.73. The Labute approximate surface area is 219 Å². The lowest BCUT2D eigenvalue weighted by Crippen LogP contribution is -2.36. The topological polar surface area (TPSA) is 129 Å². The normalized spacial score (nSPS) is 17.9. The van der Waals surface area contributed by atoms with Gasteiger partial charge in [0.25, 0.3) is 5.91 Å². The predicted octanol–water partition coefficient (Wildman–Crippen LogP) is 2.82. The molecular formula is C27H29ClFN5O3. The number of anilines is 1. The maximum absolute atomic E-state index is 15.1. The van der Waals surface area contributed by atoms with Crippen LogP contribution in [-0.4, -0.2) is 54.6 Å². The first-order valence-corrected chi connectivity index (χ1v) is 12.3. The van der Waals surface area contributed by atoms with Gasteiger partial charge in [-0.1, -0.05) is 29.8 Å². The van der Waals surface area contributed by atoms with Crippen molar-refractivity contribution >= 4 is 29.1 Å².